The largest absolute Gasteiger partial charge is 0.444 e. The molecule has 0 saturated carbocycles. The van der Waals surface area contributed by atoms with Crippen molar-refractivity contribution < 1.29 is 4.42 Å². The first-order valence-corrected chi connectivity index (χ1v) is 7.40. The van der Waals surface area contributed by atoms with Gasteiger partial charge in [-0.05, 0) is 47.1 Å². The summed E-state index contributed by atoms with van der Waals surface area (Å²) in [4.78, 5) is 4.47. The second-order valence-corrected chi connectivity index (χ2v) is 5.71. The molecule has 1 heterocycles. The molecule has 1 aromatic carbocycles. The van der Waals surface area contributed by atoms with Gasteiger partial charge in [0.05, 0.1) is 11.3 Å². The Morgan fingerprint density at radius 3 is 2.94 bits per heavy atom. The number of nitrogens with one attached hydrogen (secondary N) is 1. The van der Waals surface area contributed by atoms with E-state index in [1.54, 1.807) is 6.26 Å². The third-order valence-electron chi connectivity index (χ3n) is 2.44. The van der Waals surface area contributed by atoms with Gasteiger partial charge >= 0.3 is 0 Å². The van der Waals surface area contributed by atoms with Crippen LogP contribution in [0.2, 0.25) is 0 Å². The van der Waals surface area contributed by atoms with Crippen molar-refractivity contribution in [2.45, 2.75) is 19.9 Å². The van der Waals surface area contributed by atoms with E-state index >= 15 is 0 Å². The molecule has 0 aliphatic carbocycles. The smallest absolute Gasteiger partial charge is 0.227 e. The van der Waals surface area contributed by atoms with E-state index < -0.39 is 0 Å². The quantitative estimate of drug-likeness (QED) is 0.791. The lowest BCUT2D eigenvalue weighted by molar-refractivity contribution is 0.569. The molecule has 0 atom stereocenters. The van der Waals surface area contributed by atoms with Crippen molar-refractivity contribution in [1.82, 2.24) is 10.3 Å². The third-order valence-corrected chi connectivity index (χ3v) is 3.63. The Labute approximate surface area is 123 Å². The van der Waals surface area contributed by atoms with Gasteiger partial charge in [-0.3, -0.25) is 0 Å². The number of nitrogens with zero attached hydrogens (tertiary/aromatic N) is 1. The highest BCUT2D eigenvalue weighted by molar-refractivity contribution is 9.11. The summed E-state index contributed by atoms with van der Waals surface area (Å²) in [5, 5.41) is 3.30. The van der Waals surface area contributed by atoms with E-state index in [0.717, 1.165) is 39.7 Å². The Hall–Kier alpha value is -0.650. The molecule has 18 heavy (non-hydrogen) atoms. The Bertz CT molecular complexity index is 525. The van der Waals surface area contributed by atoms with Gasteiger partial charge in [-0.15, -0.1) is 0 Å². The molecule has 1 N–H and O–H groups in total. The highest BCUT2D eigenvalue weighted by Crippen LogP contribution is 2.30. The first kappa shape index (κ1) is 13.8. The summed E-state index contributed by atoms with van der Waals surface area (Å²) in [6.07, 6.45) is 2.81. The first-order valence-electron chi connectivity index (χ1n) is 5.81. The number of hydrogen-bond donors (Lipinski definition) is 1. The molecule has 3 nitrogen and oxygen atoms in total. The van der Waals surface area contributed by atoms with Crippen LogP contribution in [0.3, 0.4) is 0 Å². The summed E-state index contributed by atoms with van der Waals surface area (Å²) in [5.74, 6) is 0.636. The summed E-state index contributed by atoms with van der Waals surface area (Å²) in [7, 11) is 0. The number of hydrogen-bond acceptors (Lipinski definition) is 3. The van der Waals surface area contributed by atoms with Gasteiger partial charge in [0.2, 0.25) is 5.89 Å². The van der Waals surface area contributed by atoms with E-state index in [0.29, 0.717) is 5.89 Å². The van der Waals surface area contributed by atoms with E-state index in [4.69, 9.17) is 4.42 Å². The summed E-state index contributed by atoms with van der Waals surface area (Å²) in [5.41, 5.74) is 1.87. The van der Waals surface area contributed by atoms with E-state index in [2.05, 4.69) is 49.1 Å². The lowest BCUT2D eigenvalue weighted by atomic mass is 10.2. The van der Waals surface area contributed by atoms with E-state index in [1.165, 1.54) is 0 Å². The van der Waals surface area contributed by atoms with Gasteiger partial charge in [-0.2, -0.15) is 0 Å². The molecule has 0 amide bonds. The van der Waals surface area contributed by atoms with Crippen LogP contribution in [0.1, 0.15) is 19.0 Å². The zero-order chi connectivity index (χ0) is 13.0. The maximum atomic E-state index is 5.52. The molecule has 1 aromatic heterocycles. The fourth-order valence-electron chi connectivity index (χ4n) is 1.57. The van der Waals surface area contributed by atoms with Crippen molar-refractivity contribution in [3.63, 3.8) is 0 Å². The second-order valence-electron chi connectivity index (χ2n) is 3.94. The van der Waals surface area contributed by atoms with Crippen LogP contribution in [-0.2, 0) is 6.54 Å². The van der Waals surface area contributed by atoms with Gasteiger partial charge in [-0.1, -0.05) is 22.9 Å². The standard InChI is InChI=1S/C13H14Br2N2O/c1-2-5-16-7-10-8-18-13(17-10)11-6-9(14)3-4-12(11)15/h3-4,6,8,16H,2,5,7H2,1H3. The van der Waals surface area contributed by atoms with Gasteiger partial charge in [-0.25, -0.2) is 4.98 Å². The molecule has 2 aromatic rings. The summed E-state index contributed by atoms with van der Waals surface area (Å²) in [6, 6.07) is 5.93. The summed E-state index contributed by atoms with van der Waals surface area (Å²) < 4.78 is 7.49. The summed E-state index contributed by atoms with van der Waals surface area (Å²) in [6.45, 7) is 3.87. The van der Waals surface area contributed by atoms with Crippen LogP contribution in [-0.4, -0.2) is 11.5 Å². The molecule has 0 unspecified atom stereocenters. The molecule has 96 valence electrons. The van der Waals surface area contributed by atoms with Gasteiger partial charge in [0.15, 0.2) is 0 Å². The third kappa shape index (κ3) is 3.43. The maximum Gasteiger partial charge on any atom is 0.227 e. The van der Waals surface area contributed by atoms with Crippen LogP contribution in [0.25, 0.3) is 11.5 Å². The van der Waals surface area contributed by atoms with Gasteiger partial charge in [0.25, 0.3) is 0 Å². The lowest BCUT2D eigenvalue weighted by Gasteiger charge is -2.00. The zero-order valence-corrected chi connectivity index (χ0v) is 13.2. The van der Waals surface area contributed by atoms with E-state index in [9.17, 15) is 0 Å². The predicted molar refractivity (Wildman–Crippen MR) is 79.3 cm³/mol. The fourth-order valence-corrected chi connectivity index (χ4v) is 2.34. The number of aromatic nitrogens is 1. The highest BCUT2D eigenvalue weighted by atomic mass is 79.9. The minimum absolute atomic E-state index is 0.636. The molecule has 0 fully saturated rings. The Balaban J connectivity index is 2.16. The van der Waals surface area contributed by atoms with Crippen molar-refractivity contribution in [2.24, 2.45) is 0 Å². The normalized spacial score (nSPS) is 10.8. The number of oxazole rings is 1. The average molecular weight is 374 g/mol. The van der Waals surface area contributed by atoms with Crippen molar-refractivity contribution >= 4 is 31.9 Å². The molecule has 0 aliphatic rings. The fraction of sp³-hybridized carbons (Fsp3) is 0.308. The molecule has 0 radical (unpaired) electrons. The number of benzene rings is 1. The second kappa shape index (κ2) is 6.50. The minimum Gasteiger partial charge on any atom is -0.444 e. The molecule has 0 bridgehead atoms. The average Bonchev–Trinajstić information content (AvgIpc) is 2.81. The molecule has 0 spiro atoms. The van der Waals surface area contributed by atoms with Crippen LogP contribution < -0.4 is 5.32 Å². The van der Waals surface area contributed by atoms with Crippen LogP contribution in [0.4, 0.5) is 0 Å². The number of rotatable bonds is 5. The Kier molecular flexibility index (Phi) is 4.97. The van der Waals surface area contributed by atoms with E-state index in [-0.39, 0.29) is 0 Å². The predicted octanol–water partition coefficient (Wildman–Crippen LogP) is 4.37. The molecular formula is C13H14Br2N2O. The van der Waals surface area contributed by atoms with Crippen molar-refractivity contribution in [3.8, 4) is 11.5 Å². The zero-order valence-electron chi connectivity index (χ0n) is 10.0. The van der Waals surface area contributed by atoms with Gasteiger partial charge in [0, 0.05) is 15.5 Å². The Morgan fingerprint density at radius 2 is 2.17 bits per heavy atom. The minimum atomic E-state index is 0.636. The Morgan fingerprint density at radius 1 is 1.33 bits per heavy atom. The van der Waals surface area contributed by atoms with Crippen LogP contribution in [0, 0.1) is 0 Å². The monoisotopic (exact) mass is 372 g/mol. The molecular weight excluding hydrogens is 360 g/mol. The summed E-state index contributed by atoms with van der Waals surface area (Å²) >= 11 is 6.95. The maximum absolute atomic E-state index is 5.52. The SMILES string of the molecule is CCCNCc1coc(-c2cc(Br)ccc2Br)n1. The number of halogens is 2. The highest BCUT2D eigenvalue weighted by Gasteiger charge is 2.10. The topological polar surface area (TPSA) is 38.1 Å². The van der Waals surface area contributed by atoms with Crippen molar-refractivity contribution in [1.29, 1.82) is 0 Å². The molecule has 5 heteroatoms. The van der Waals surface area contributed by atoms with Crippen molar-refractivity contribution in [2.75, 3.05) is 6.54 Å². The van der Waals surface area contributed by atoms with Gasteiger partial charge < -0.3 is 9.73 Å². The van der Waals surface area contributed by atoms with E-state index in [1.807, 2.05) is 18.2 Å². The van der Waals surface area contributed by atoms with Crippen LogP contribution >= 0.6 is 31.9 Å². The van der Waals surface area contributed by atoms with Crippen LogP contribution in [0.5, 0.6) is 0 Å². The molecule has 2 rings (SSSR count). The van der Waals surface area contributed by atoms with Crippen LogP contribution in [0.15, 0.2) is 37.8 Å². The lowest BCUT2D eigenvalue weighted by Crippen LogP contribution is -2.13. The van der Waals surface area contributed by atoms with Crippen molar-refractivity contribution in [3.05, 3.63) is 39.1 Å². The first-order chi connectivity index (χ1) is 8.70. The molecule has 0 aliphatic heterocycles. The molecule has 0 saturated heterocycles. The van der Waals surface area contributed by atoms with Gasteiger partial charge in [0.1, 0.15) is 6.26 Å².